The fourth-order valence-electron chi connectivity index (χ4n) is 0.516. The third-order valence-corrected chi connectivity index (χ3v) is 3.78. The lowest BCUT2D eigenvalue weighted by Gasteiger charge is -1.98. The van der Waals surface area contributed by atoms with Crippen LogP contribution in [0.2, 0.25) is 0 Å². The molecule has 0 heterocycles. The van der Waals surface area contributed by atoms with Crippen molar-refractivity contribution in [3.05, 3.63) is 26.0 Å². The lowest BCUT2D eigenvalue weighted by Crippen LogP contribution is -1.83. The van der Waals surface area contributed by atoms with Gasteiger partial charge in [-0.1, -0.05) is 0 Å². The summed E-state index contributed by atoms with van der Waals surface area (Å²) in [5.74, 6) is -0.296. The van der Waals surface area contributed by atoms with Crippen molar-refractivity contribution in [1.29, 1.82) is 0 Å². The Hall–Kier alpha value is 0.710. The Morgan fingerprint density at radius 3 is 2.60 bits per heavy atom. The van der Waals surface area contributed by atoms with Gasteiger partial charge in [0.25, 0.3) is 0 Å². The molecule has 0 spiro atoms. The first-order valence-electron chi connectivity index (χ1n) is 2.45. The Kier molecular flexibility index (Phi) is 3.00. The van der Waals surface area contributed by atoms with Gasteiger partial charge < -0.3 is 0 Å². The van der Waals surface area contributed by atoms with Gasteiger partial charge in [-0.3, -0.25) is 0 Å². The molecular weight excluding hydrogens is 330 g/mol. The van der Waals surface area contributed by atoms with Crippen LogP contribution < -0.4 is 0 Å². The highest BCUT2D eigenvalue weighted by Gasteiger charge is 2.05. The Bertz CT molecular complexity index is 237. The molecule has 0 aliphatic heterocycles. The van der Waals surface area contributed by atoms with Gasteiger partial charge in [0.05, 0.1) is 4.47 Å². The molecule has 0 saturated carbocycles. The van der Waals surface area contributed by atoms with E-state index in [4.69, 9.17) is 0 Å². The minimum atomic E-state index is -0.296. The van der Waals surface area contributed by atoms with Gasteiger partial charge in [0.1, 0.15) is 0 Å². The van der Waals surface area contributed by atoms with E-state index in [0.717, 1.165) is 3.57 Å². The Morgan fingerprint density at radius 1 is 1.50 bits per heavy atom. The summed E-state index contributed by atoms with van der Waals surface area (Å²) in [5.41, 5.74) is 0. The van der Waals surface area contributed by atoms with Gasteiger partial charge in [0, 0.05) is 8.47 Å². The maximum absolute atomic E-state index is 12.9. The summed E-state index contributed by atoms with van der Waals surface area (Å²) in [5, 5.41) is 0. The Balaban J connectivity index is 3.34. The molecular formula is C6H3BrFIS. The van der Waals surface area contributed by atoms with E-state index < -0.39 is 0 Å². The molecule has 1 aromatic rings. The normalized spacial score (nSPS) is 10.0. The number of rotatable bonds is 0. The van der Waals surface area contributed by atoms with E-state index in [2.05, 4.69) is 28.6 Å². The third kappa shape index (κ3) is 1.65. The standard InChI is InChI=1S/C6H3BrFIS/c7-5-3(9)1-2-4(10)6(5)8/h1-2,10H. The highest BCUT2D eigenvalue weighted by molar-refractivity contribution is 14.1. The van der Waals surface area contributed by atoms with Crippen molar-refractivity contribution in [3.8, 4) is 0 Å². The first-order valence-corrected chi connectivity index (χ1v) is 4.77. The maximum atomic E-state index is 12.9. The fourth-order valence-corrected chi connectivity index (χ4v) is 1.62. The lowest BCUT2D eigenvalue weighted by atomic mass is 10.3. The highest BCUT2D eigenvalue weighted by Crippen LogP contribution is 2.26. The molecule has 0 N–H and O–H groups in total. The fraction of sp³-hybridized carbons (Fsp3) is 0. The van der Waals surface area contributed by atoms with Crippen molar-refractivity contribution in [1.82, 2.24) is 0 Å². The molecule has 1 rings (SSSR count). The van der Waals surface area contributed by atoms with E-state index in [-0.39, 0.29) is 5.82 Å². The second-order valence-corrected chi connectivity index (χ2v) is 4.13. The summed E-state index contributed by atoms with van der Waals surface area (Å²) in [6.07, 6.45) is 0. The van der Waals surface area contributed by atoms with Gasteiger partial charge in [-0.15, -0.1) is 12.6 Å². The van der Waals surface area contributed by atoms with Crippen LogP contribution in [0.15, 0.2) is 21.5 Å². The molecule has 0 aliphatic carbocycles. The number of benzene rings is 1. The van der Waals surface area contributed by atoms with Crippen molar-refractivity contribution in [2.24, 2.45) is 0 Å². The molecule has 0 aliphatic rings. The van der Waals surface area contributed by atoms with Crippen molar-refractivity contribution < 1.29 is 4.39 Å². The summed E-state index contributed by atoms with van der Waals surface area (Å²) in [6, 6.07) is 3.43. The number of thiol groups is 1. The van der Waals surface area contributed by atoms with Gasteiger partial charge in [0.15, 0.2) is 5.82 Å². The van der Waals surface area contributed by atoms with Gasteiger partial charge in [-0.2, -0.15) is 0 Å². The SMILES string of the molecule is Fc1c(S)ccc(I)c1Br. The van der Waals surface area contributed by atoms with Crippen molar-refractivity contribution >= 4 is 51.1 Å². The molecule has 0 atom stereocenters. The average molecular weight is 333 g/mol. The average Bonchev–Trinajstić information content (AvgIpc) is 1.93. The third-order valence-electron chi connectivity index (χ3n) is 1.01. The summed E-state index contributed by atoms with van der Waals surface area (Å²) in [6.45, 7) is 0. The molecule has 4 heteroatoms. The van der Waals surface area contributed by atoms with Crippen molar-refractivity contribution in [2.45, 2.75) is 4.90 Å². The van der Waals surface area contributed by atoms with Crippen molar-refractivity contribution in [3.63, 3.8) is 0 Å². The van der Waals surface area contributed by atoms with Gasteiger partial charge in [-0.25, -0.2) is 4.39 Å². The molecule has 0 amide bonds. The van der Waals surface area contributed by atoms with Crippen LogP contribution in [0.4, 0.5) is 4.39 Å². The van der Waals surface area contributed by atoms with E-state index in [1.54, 1.807) is 12.1 Å². The molecule has 0 fully saturated rings. The number of hydrogen-bond donors (Lipinski definition) is 1. The maximum Gasteiger partial charge on any atom is 0.151 e. The van der Waals surface area contributed by atoms with E-state index in [1.807, 2.05) is 22.6 Å². The minimum Gasteiger partial charge on any atom is -0.204 e. The zero-order valence-corrected chi connectivity index (χ0v) is 9.37. The predicted molar refractivity (Wildman–Crippen MR) is 54.1 cm³/mol. The van der Waals surface area contributed by atoms with Crippen LogP contribution in [0.5, 0.6) is 0 Å². The largest absolute Gasteiger partial charge is 0.204 e. The zero-order valence-electron chi connectivity index (χ0n) is 4.74. The quantitative estimate of drug-likeness (QED) is 0.420. The van der Waals surface area contributed by atoms with Crippen LogP contribution in [0.25, 0.3) is 0 Å². The Morgan fingerprint density at radius 2 is 2.10 bits per heavy atom. The molecule has 0 saturated heterocycles. The predicted octanol–water partition coefficient (Wildman–Crippen LogP) is 3.48. The van der Waals surface area contributed by atoms with Crippen molar-refractivity contribution in [2.75, 3.05) is 0 Å². The van der Waals surface area contributed by atoms with Crippen LogP contribution >= 0.6 is 51.1 Å². The molecule has 10 heavy (non-hydrogen) atoms. The van der Waals surface area contributed by atoms with Gasteiger partial charge >= 0.3 is 0 Å². The van der Waals surface area contributed by atoms with Crippen LogP contribution in [0.3, 0.4) is 0 Å². The van der Waals surface area contributed by atoms with Crippen LogP contribution in [0, 0.1) is 9.39 Å². The molecule has 0 unspecified atom stereocenters. The Labute approximate surface area is 85.9 Å². The molecule has 54 valence electrons. The summed E-state index contributed by atoms with van der Waals surface area (Å²) < 4.78 is 14.2. The van der Waals surface area contributed by atoms with Gasteiger partial charge in [-0.05, 0) is 50.7 Å². The lowest BCUT2D eigenvalue weighted by molar-refractivity contribution is 0.594. The smallest absolute Gasteiger partial charge is 0.151 e. The summed E-state index contributed by atoms with van der Waals surface area (Å²) in [4.78, 5) is 0.368. The van der Waals surface area contributed by atoms with E-state index in [1.165, 1.54) is 0 Å². The first-order chi connectivity index (χ1) is 4.63. The number of halogens is 3. The molecule has 0 nitrogen and oxygen atoms in total. The topological polar surface area (TPSA) is 0 Å². The monoisotopic (exact) mass is 332 g/mol. The second kappa shape index (κ2) is 3.40. The van der Waals surface area contributed by atoms with E-state index >= 15 is 0 Å². The highest BCUT2D eigenvalue weighted by atomic mass is 127. The summed E-state index contributed by atoms with van der Waals surface area (Å²) >= 11 is 9.05. The molecule has 1 aromatic carbocycles. The first kappa shape index (κ1) is 8.80. The summed E-state index contributed by atoms with van der Waals surface area (Å²) in [7, 11) is 0. The molecule has 0 radical (unpaired) electrons. The molecule has 0 bridgehead atoms. The second-order valence-electron chi connectivity index (χ2n) is 1.69. The zero-order chi connectivity index (χ0) is 7.72. The van der Waals surface area contributed by atoms with Crippen LogP contribution in [-0.2, 0) is 0 Å². The van der Waals surface area contributed by atoms with E-state index in [9.17, 15) is 4.39 Å². The minimum absolute atomic E-state index is 0.296. The number of hydrogen-bond acceptors (Lipinski definition) is 1. The van der Waals surface area contributed by atoms with Crippen LogP contribution in [0.1, 0.15) is 0 Å². The van der Waals surface area contributed by atoms with E-state index in [0.29, 0.717) is 9.37 Å². The van der Waals surface area contributed by atoms with Crippen LogP contribution in [-0.4, -0.2) is 0 Å². The van der Waals surface area contributed by atoms with Gasteiger partial charge in [0.2, 0.25) is 0 Å². The molecule has 0 aromatic heterocycles.